The second-order valence-corrected chi connectivity index (χ2v) is 39.3. The molecule has 0 aliphatic heterocycles. The molecular formula is C44H76Si5. The molecule has 0 spiro atoms. The topological polar surface area (TPSA) is 0 Å². The van der Waals surface area contributed by atoms with Gasteiger partial charge in [0.05, 0.1) is 40.4 Å². The van der Waals surface area contributed by atoms with Crippen LogP contribution in [0.25, 0.3) is 0 Å². The standard InChI is InChI=1S/C44H76Si5/c1-13-25-45(26-14-2,27-15-3)37-41-49(42-38-46(28-16-4,29-17-5)30-18-6,43-39-47(31-19-7,32-20-8)33-21-9)44-40-48(34-22-10,35-23-11)36-24-12/h13-24H,1-12,25-44H2. The van der Waals surface area contributed by atoms with Crippen molar-refractivity contribution in [1.29, 1.82) is 0 Å². The van der Waals surface area contributed by atoms with Crippen LogP contribution >= 0.6 is 0 Å². The van der Waals surface area contributed by atoms with Crippen molar-refractivity contribution in [1.82, 2.24) is 0 Å². The van der Waals surface area contributed by atoms with Crippen molar-refractivity contribution in [3.05, 3.63) is 152 Å². The first-order valence-corrected chi connectivity index (χ1v) is 33.0. The molecule has 272 valence electrons. The van der Waals surface area contributed by atoms with E-state index in [1.807, 2.05) is 0 Å². The van der Waals surface area contributed by atoms with E-state index < -0.39 is 40.4 Å². The summed E-state index contributed by atoms with van der Waals surface area (Å²) >= 11 is 0. The van der Waals surface area contributed by atoms with Crippen molar-refractivity contribution in [3.63, 3.8) is 0 Å². The Morgan fingerprint density at radius 2 is 0.286 bits per heavy atom. The van der Waals surface area contributed by atoms with Gasteiger partial charge in [0, 0.05) is 0 Å². The molecule has 0 aromatic heterocycles. The van der Waals surface area contributed by atoms with Gasteiger partial charge in [0.25, 0.3) is 0 Å². The lowest BCUT2D eigenvalue weighted by Gasteiger charge is -2.43. The van der Waals surface area contributed by atoms with E-state index in [1.165, 1.54) is 48.4 Å². The fourth-order valence-electron chi connectivity index (χ4n) is 8.77. The van der Waals surface area contributed by atoms with Gasteiger partial charge in [-0.05, 0) is 72.5 Å². The Kier molecular flexibility index (Phi) is 24.8. The Morgan fingerprint density at radius 1 is 0.184 bits per heavy atom. The van der Waals surface area contributed by atoms with Gasteiger partial charge in [-0.3, -0.25) is 0 Å². The summed E-state index contributed by atoms with van der Waals surface area (Å²) in [5.41, 5.74) is 0. The molecule has 0 fully saturated rings. The fraction of sp³-hybridized carbons (Fsp3) is 0.455. The van der Waals surface area contributed by atoms with Crippen molar-refractivity contribution in [3.8, 4) is 0 Å². The van der Waals surface area contributed by atoms with Gasteiger partial charge < -0.3 is 0 Å². The predicted octanol–water partition coefficient (Wildman–Crippen LogP) is 15.5. The SMILES string of the molecule is C=CC[Si](CC=C)(CC=C)CC[Si](CC[Si](CC=C)(CC=C)CC=C)(CC[Si](CC=C)(CC=C)CC=C)CC[Si](CC=C)(CC=C)CC=C. The second kappa shape index (κ2) is 25.8. The third kappa shape index (κ3) is 16.2. The van der Waals surface area contributed by atoms with E-state index in [9.17, 15) is 0 Å². The Hall–Kier alpha value is -2.04. The second-order valence-electron chi connectivity index (χ2n) is 15.4. The maximum absolute atomic E-state index is 4.25. The summed E-state index contributed by atoms with van der Waals surface area (Å²) in [6.07, 6.45) is 26.4. The lowest BCUT2D eigenvalue weighted by molar-refractivity contribution is 1.03. The lowest BCUT2D eigenvalue weighted by Crippen LogP contribution is -2.46. The highest BCUT2D eigenvalue weighted by Crippen LogP contribution is 2.45. The van der Waals surface area contributed by atoms with Gasteiger partial charge in [-0.1, -0.05) is 121 Å². The Bertz CT molecular complexity index is 815. The number of hydrogen-bond acceptors (Lipinski definition) is 0. The van der Waals surface area contributed by atoms with Crippen LogP contribution in [0.2, 0.25) is 121 Å². The largest absolute Gasteiger partial charge is 0.103 e. The molecule has 0 bridgehead atoms. The van der Waals surface area contributed by atoms with Crippen molar-refractivity contribution in [2.45, 2.75) is 121 Å². The molecule has 0 saturated carbocycles. The zero-order valence-corrected chi connectivity index (χ0v) is 37.1. The highest BCUT2D eigenvalue weighted by molar-refractivity contribution is 6.91. The number of hydrogen-bond donors (Lipinski definition) is 0. The normalized spacial score (nSPS) is 12.2. The quantitative estimate of drug-likeness (QED) is 0.0443. The van der Waals surface area contributed by atoms with Crippen LogP contribution in [0.4, 0.5) is 0 Å². The summed E-state index contributed by atoms with van der Waals surface area (Å²) in [5.74, 6) is 0. The van der Waals surface area contributed by atoms with E-state index >= 15 is 0 Å². The Labute approximate surface area is 311 Å². The van der Waals surface area contributed by atoms with Crippen molar-refractivity contribution < 1.29 is 0 Å². The zero-order valence-electron chi connectivity index (χ0n) is 32.1. The van der Waals surface area contributed by atoms with Crippen LogP contribution in [0.5, 0.6) is 0 Å². The van der Waals surface area contributed by atoms with Gasteiger partial charge in [0.2, 0.25) is 0 Å². The number of allylic oxidation sites excluding steroid dienone is 12. The monoisotopic (exact) mass is 744 g/mol. The minimum Gasteiger partial charge on any atom is -0.103 e. The van der Waals surface area contributed by atoms with E-state index in [-0.39, 0.29) is 0 Å². The smallest absolute Gasteiger partial charge is 0.0645 e. The molecule has 0 amide bonds. The maximum Gasteiger partial charge on any atom is 0.0645 e. The van der Waals surface area contributed by atoms with Gasteiger partial charge in [0.15, 0.2) is 0 Å². The molecule has 0 nitrogen and oxygen atoms in total. The van der Waals surface area contributed by atoms with Crippen LogP contribution in [0.15, 0.2) is 152 Å². The van der Waals surface area contributed by atoms with Crippen molar-refractivity contribution in [2.24, 2.45) is 0 Å². The minimum absolute atomic E-state index is 1.14. The van der Waals surface area contributed by atoms with Gasteiger partial charge in [-0.2, -0.15) is 0 Å². The Balaban J connectivity index is 7.57. The van der Waals surface area contributed by atoms with Gasteiger partial charge in [0.1, 0.15) is 0 Å². The molecule has 0 aromatic rings. The third-order valence-corrected chi connectivity index (χ3v) is 38.0. The van der Waals surface area contributed by atoms with Crippen molar-refractivity contribution in [2.75, 3.05) is 0 Å². The lowest BCUT2D eigenvalue weighted by atomic mass is 10.7. The molecule has 0 atom stereocenters. The Morgan fingerprint density at radius 3 is 0.388 bits per heavy atom. The van der Waals surface area contributed by atoms with E-state index in [2.05, 4.69) is 152 Å². The zero-order chi connectivity index (χ0) is 37.1. The maximum atomic E-state index is 4.25. The molecule has 0 saturated heterocycles. The summed E-state index contributed by atoms with van der Waals surface area (Å²) in [5, 5.41) is 0. The number of rotatable bonds is 36. The van der Waals surface area contributed by atoms with Crippen LogP contribution in [0.1, 0.15) is 0 Å². The van der Waals surface area contributed by atoms with Crippen LogP contribution < -0.4 is 0 Å². The van der Waals surface area contributed by atoms with E-state index in [0.717, 1.165) is 72.5 Å². The summed E-state index contributed by atoms with van der Waals surface area (Å²) in [7, 11) is -8.65. The molecule has 49 heavy (non-hydrogen) atoms. The minimum atomic E-state index is -1.86. The van der Waals surface area contributed by atoms with Crippen LogP contribution in [0.3, 0.4) is 0 Å². The fourth-order valence-corrected chi connectivity index (χ4v) is 39.0. The molecule has 0 N–H and O–H groups in total. The van der Waals surface area contributed by atoms with Gasteiger partial charge in [-0.25, -0.2) is 0 Å². The average molecular weight is 746 g/mol. The summed E-state index contributed by atoms with van der Waals surface area (Å²) < 4.78 is 0. The van der Waals surface area contributed by atoms with E-state index in [0.29, 0.717) is 0 Å². The molecule has 0 aliphatic carbocycles. The predicted molar refractivity (Wildman–Crippen MR) is 247 cm³/mol. The molecule has 0 heterocycles. The van der Waals surface area contributed by atoms with Gasteiger partial charge in [-0.15, -0.1) is 78.9 Å². The summed E-state index contributed by atoms with van der Waals surface area (Å²) in [6, 6.07) is 24.7. The van der Waals surface area contributed by atoms with Crippen LogP contribution in [-0.2, 0) is 0 Å². The molecule has 0 aromatic carbocycles. The van der Waals surface area contributed by atoms with Crippen molar-refractivity contribution >= 4 is 40.4 Å². The van der Waals surface area contributed by atoms with Crippen LogP contribution in [0, 0.1) is 0 Å². The molecule has 0 radical (unpaired) electrons. The van der Waals surface area contributed by atoms with E-state index in [1.54, 1.807) is 0 Å². The average Bonchev–Trinajstić information content (AvgIpc) is 3.06. The first-order valence-electron chi connectivity index (χ1n) is 18.9. The third-order valence-electron chi connectivity index (χ3n) is 11.7. The molecular weight excluding hydrogens is 669 g/mol. The molecule has 5 heteroatoms. The first kappa shape index (κ1) is 47.0. The molecule has 0 rings (SSSR count). The molecule has 0 unspecified atom stereocenters. The summed E-state index contributed by atoms with van der Waals surface area (Å²) in [4.78, 5) is 0. The highest BCUT2D eigenvalue weighted by Gasteiger charge is 2.43. The van der Waals surface area contributed by atoms with E-state index in [4.69, 9.17) is 0 Å². The molecule has 0 aliphatic rings. The highest BCUT2D eigenvalue weighted by atomic mass is 28.3. The van der Waals surface area contributed by atoms with Gasteiger partial charge >= 0.3 is 0 Å². The van der Waals surface area contributed by atoms with Crippen LogP contribution in [-0.4, -0.2) is 40.4 Å². The first-order chi connectivity index (χ1) is 23.6. The summed E-state index contributed by atoms with van der Waals surface area (Å²) in [6.45, 7) is 51.0.